The van der Waals surface area contributed by atoms with Gasteiger partial charge in [-0.05, 0) is 55.7 Å². The Hall–Kier alpha value is -2.54. The number of fused-ring (bicyclic) bond motifs is 1. The summed E-state index contributed by atoms with van der Waals surface area (Å²) < 4.78 is 0. The highest BCUT2D eigenvalue weighted by Crippen LogP contribution is 2.23. The van der Waals surface area contributed by atoms with Crippen molar-refractivity contribution in [3.05, 3.63) is 64.4 Å². The van der Waals surface area contributed by atoms with Crippen LogP contribution in [-0.2, 0) is 0 Å². The second-order valence-corrected chi connectivity index (χ2v) is 7.95. The third kappa shape index (κ3) is 9.46. The lowest BCUT2D eigenvalue weighted by Crippen LogP contribution is -2.30. The minimum atomic E-state index is 0. The number of nitrogens with two attached hydrogens (primary N) is 1. The molecule has 1 aromatic heterocycles. The van der Waals surface area contributed by atoms with E-state index < -0.39 is 0 Å². The molecule has 178 valence electrons. The summed E-state index contributed by atoms with van der Waals surface area (Å²) in [4.78, 5) is 9.46. The van der Waals surface area contributed by atoms with Crippen LogP contribution in [0.4, 0.5) is 5.82 Å². The number of anilines is 1. The molecule has 6 nitrogen and oxygen atoms in total. The van der Waals surface area contributed by atoms with Crippen molar-refractivity contribution >= 4 is 71.2 Å². The number of benzene rings is 2. The third-order valence-corrected chi connectivity index (χ3v) is 5.13. The van der Waals surface area contributed by atoms with Crippen molar-refractivity contribution in [2.24, 2.45) is 5.73 Å². The quantitative estimate of drug-likeness (QED) is 0.151. The van der Waals surface area contributed by atoms with Crippen LogP contribution in [0.2, 0.25) is 5.02 Å². The number of hydrogen-bond acceptors (Lipinski definition) is 4. The van der Waals surface area contributed by atoms with Gasteiger partial charge in [0.2, 0.25) is 0 Å². The first-order valence-electron chi connectivity index (χ1n) is 10.5. The predicted molar refractivity (Wildman–Crippen MR) is 146 cm³/mol. The predicted octanol–water partition coefficient (Wildman–Crippen LogP) is 6.06. The molecular weight excluding hydrogens is 479 g/mol. The molecule has 0 spiro atoms. The summed E-state index contributed by atoms with van der Waals surface area (Å²) in [5.74, 6) is 1.57. The normalized spacial score (nSPS) is 10.5. The highest BCUT2D eigenvalue weighted by molar-refractivity contribution is 6.30. The molecule has 0 bridgehead atoms. The summed E-state index contributed by atoms with van der Waals surface area (Å²) in [7, 11) is 0. The summed E-state index contributed by atoms with van der Waals surface area (Å²) in [6.07, 6.45) is 8.18. The second kappa shape index (κ2) is 14.6. The fourth-order valence-electron chi connectivity index (χ4n) is 3.25. The lowest BCUT2D eigenvalue weighted by atomic mass is 10.1. The number of aromatic nitrogens is 2. The highest BCUT2D eigenvalue weighted by atomic mass is 35.5. The first-order chi connectivity index (χ1) is 15.0. The monoisotopic (exact) mass is 508 g/mol. The Balaban J connectivity index is 0.00000272. The molecule has 0 atom stereocenters. The van der Waals surface area contributed by atoms with E-state index in [1.54, 1.807) is 0 Å². The van der Waals surface area contributed by atoms with Crippen molar-refractivity contribution in [2.75, 3.05) is 18.4 Å². The van der Waals surface area contributed by atoms with Crippen LogP contribution >= 0.6 is 36.4 Å². The number of aryl methyl sites for hydroxylation is 1. The van der Waals surface area contributed by atoms with Gasteiger partial charge in [-0.1, -0.05) is 54.3 Å². The zero-order valence-corrected chi connectivity index (χ0v) is 21.0. The topological polar surface area (TPSA) is 99.7 Å². The molecule has 0 saturated heterocycles. The van der Waals surface area contributed by atoms with Gasteiger partial charge in [0.05, 0.1) is 5.52 Å². The molecule has 0 radical (unpaired) electrons. The van der Waals surface area contributed by atoms with E-state index in [0.29, 0.717) is 5.82 Å². The molecule has 0 unspecified atom stereocenters. The molecule has 33 heavy (non-hydrogen) atoms. The summed E-state index contributed by atoms with van der Waals surface area (Å²) in [6, 6.07) is 13.9. The van der Waals surface area contributed by atoms with Crippen LogP contribution in [0.3, 0.4) is 0 Å². The number of nitrogens with zero attached hydrogens (tertiary/aromatic N) is 2. The van der Waals surface area contributed by atoms with Crippen LogP contribution in [0, 0.1) is 12.3 Å². The Kier molecular flexibility index (Phi) is 12.6. The zero-order chi connectivity index (χ0) is 22.1. The maximum Gasteiger partial charge on any atom is 0.185 e. The Morgan fingerprint density at radius 2 is 1.67 bits per heavy atom. The lowest BCUT2D eigenvalue weighted by molar-refractivity contribution is 0.642. The van der Waals surface area contributed by atoms with Crippen molar-refractivity contribution in [1.82, 2.24) is 15.3 Å². The second-order valence-electron chi connectivity index (χ2n) is 7.52. The first kappa shape index (κ1) is 28.5. The fourth-order valence-corrected chi connectivity index (χ4v) is 3.37. The lowest BCUT2D eigenvalue weighted by Gasteiger charge is -2.10. The van der Waals surface area contributed by atoms with Crippen molar-refractivity contribution in [1.29, 1.82) is 5.41 Å². The van der Waals surface area contributed by atoms with E-state index >= 15 is 0 Å². The summed E-state index contributed by atoms with van der Waals surface area (Å²) in [5, 5.41) is 15.2. The number of unbranched alkanes of at least 4 members (excludes halogenated alkanes) is 3. The molecule has 0 aliphatic carbocycles. The van der Waals surface area contributed by atoms with Crippen LogP contribution < -0.4 is 16.4 Å². The average Bonchev–Trinajstić information content (AvgIpc) is 2.75. The van der Waals surface area contributed by atoms with E-state index in [4.69, 9.17) is 32.7 Å². The van der Waals surface area contributed by atoms with Crippen molar-refractivity contribution in [2.45, 2.75) is 32.6 Å². The third-order valence-electron chi connectivity index (χ3n) is 4.87. The van der Waals surface area contributed by atoms with Crippen molar-refractivity contribution < 1.29 is 0 Å². The molecule has 0 aliphatic rings. The largest absolute Gasteiger partial charge is 0.370 e. The van der Waals surface area contributed by atoms with Crippen LogP contribution in [-0.4, -0.2) is 29.0 Å². The SMILES string of the molecule is Cc1ccc2nc(C=Cc3ccc(Cl)cc3)nc(NCCCCCCNC(=N)N)c2c1.Cl.Cl. The molecule has 0 amide bonds. The van der Waals surface area contributed by atoms with Gasteiger partial charge in [0.25, 0.3) is 0 Å². The van der Waals surface area contributed by atoms with Gasteiger partial charge in [-0.25, -0.2) is 9.97 Å². The van der Waals surface area contributed by atoms with Crippen molar-refractivity contribution in [3.63, 3.8) is 0 Å². The molecule has 0 saturated carbocycles. The molecule has 1 heterocycles. The minimum absolute atomic E-state index is 0. The van der Waals surface area contributed by atoms with Gasteiger partial charge in [-0.2, -0.15) is 0 Å². The Labute approximate surface area is 212 Å². The van der Waals surface area contributed by atoms with Crippen molar-refractivity contribution in [3.8, 4) is 0 Å². The van der Waals surface area contributed by atoms with Gasteiger partial charge in [0.1, 0.15) is 5.82 Å². The molecule has 0 fully saturated rings. The van der Waals surface area contributed by atoms with Gasteiger partial charge in [0.15, 0.2) is 11.8 Å². The van der Waals surface area contributed by atoms with E-state index in [1.165, 1.54) is 5.56 Å². The van der Waals surface area contributed by atoms with Gasteiger partial charge >= 0.3 is 0 Å². The zero-order valence-electron chi connectivity index (χ0n) is 18.6. The van der Waals surface area contributed by atoms with E-state index in [-0.39, 0.29) is 30.8 Å². The smallest absolute Gasteiger partial charge is 0.185 e. The maximum atomic E-state index is 7.16. The number of nitrogens with one attached hydrogen (secondary N) is 3. The van der Waals surface area contributed by atoms with E-state index in [1.807, 2.05) is 42.5 Å². The molecule has 2 aromatic carbocycles. The van der Waals surface area contributed by atoms with E-state index in [2.05, 4.69) is 29.7 Å². The van der Waals surface area contributed by atoms with Crippen LogP contribution in [0.25, 0.3) is 23.1 Å². The van der Waals surface area contributed by atoms with Crippen LogP contribution in [0.15, 0.2) is 42.5 Å². The van der Waals surface area contributed by atoms with Gasteiger partial charge < -0.3 is 16.4 Å². The summed E-state index contributed by atoms with van der Waals surface area (Å²) >= 11 is 5.96. The standard InChI is InChI=1S/C24H29ClN6.2ClH/c1-17-6-12-21-20(16-17)23(28-14-4-2-3-5-15-29-24(26)27)31-22(30-21)13-9-18-7-10-19(25)11-8-18;;/h6-13,16H,2-5,14-15H2,1H3,(H4,26,27,29)(H,28,30,31);2*1H. The van der Waals surface area contributed by atoms with E-state index in [9.17, 15) is 0 Å². The number of guanidine groups is 1. The van der Waals surface area contributed by atoms with Crippen LogP contribution in [0.5, 0.6) is 0 Å². The number of halogens is 3. The fraction of sp³-hybridized carbons (Fsp3) is 0.292. The molecule has 9 heteroatoms. The minimum Gasteiger partial charge on any atom is -0.370 e. The first-order valence-corrected chi connectivity index (χ1v) is 10.9. The van der Waals surface area contributed by atoms with Gasteiger partial charge in [-0.15, -0.1) is 24.8 Å². The molecule has 3 rings (SSSR count). The average molecular weight is 510 g/mol. The summed E-state index contributed by atoms with van der Waals surface area (Å²) in [6.45, 7) is 3.68. The molecular formula is C24H31Cl3N6. The van der Waals surface area contributed by atoms with Gasteiger partial charge in [-0.3, -0.25) is 5.41 Å². The number of hydrogen-bond donors (Lipinski definition) is 4. The Morgan fingerprint density at radius 1 is 0.970 bits per heavy atom. The molecule has 0 aliphatic heterocycles. The number of rotatable bonds is 10. The maximum absolute atomic E-state index is 7.16. The highest BCUT2D eigenvalue weighted by Gasteiger charge is 2.07. The molecule has 3 aromatic rings. The molecule has 5 N–H and O–H groups in total. The van der Waals surface area contributed by atoms with Crippen LogP contribution in [0.1, 0.15) is 42.6 Å². The Bertz CT molecular complexity index is 1050. The van der Waals surface area contributed by atoms with E-state index in [0.717, 1.165) is 66.1 Å². The Morgan fingerprint density at radius 3 is 2.36 bits per heavy atom. The van der Waals surface area contributed by atoms with Gasteiger partial charge in [0, 0.05) is 23.5 Å². The summed E-state index contributed by atoms with van der Waals surface area (Å²) in [5.41, 5.74) is 8.44.